The maximum absolute atomic E-state index is 12.1. The molecule has 0 aromatic heterocycles. The van der Waals surface area contributed by atoms with Crippen molar-refractivity contribution in [3.05, 3.63) is 60.2 Å². The molecule has 1 saturated carbocycles. The van der Waals surface area contributed by atoms with Gasteiger partial charge in [-0.3, -0.25) is 9.59 Å². The van der Waals surface area contributed by atoms with E-state index in [1.165, 1.54) is 12.8 Å². The minimum absolute atomic E-state index is 0.150. The lowest BCUT2D eigenvalue weighted by Gasteiger charge is -2.16. The number of benzene rings is 2. The summed E-state index contributed by atoms with van der Waals surface area (Å²) in [5.74, 6) is 0.226. The van der Waals surface area contributed by atoms with Gasteiger partial charge < -0.3 is 15.4 Å². The van der Waals surface area contributed by atoms with Crippen LogP contribution in [-0.4, -0.2) is 17.9 Å². The van der Waals surface area contributed by atoms with Gasteiger partial charge in [-0.25, -0.2) is 0 Å². The van der Waals surface area contributed by atoms with Gasteiger partial charge in [0.15, 0.2) is 0 Å². The van der Waals surface area contributed by atoms with Gasteiger partial charge in [0, 0.05) is 11.7 Å². The molecule has 2 aromatic carbocycles. The van der Waals surface area contributed by atoms with Crippen LogP contribution in [0.3, 0.4) is 0 Å². The van der Waals surface area contributed by atoms with Gasteiger partial charge in [-0.05, 0) is 42.7 Å². The minimum Gasteiger partial charge on any atom is -0.489 e. The van der Waals surface area contributed by atoms with Gasteiger partial charge in [-0.15, -0.1) is 0 Å². The standard InChI is InChI=1S/C23H28N2O3/c26-22(24-19-10-6-1-2-7-11-19)16-23(27)25-20-12-14-21(15-13-20)28-17-18-8-4-3-5-9-18/h3-5,8-9,12-15,19H,1-2,6-7,10-11,16-17H2,(H,24,26)(H,25,27). The van der Waals surface area contributed by atoms with Crippen LogP contribution in [0.4, 0.5) is 5.69 Å². The van der Waals surface area contributed by atoms with Crippen molar-refractivity contribution in [1.29, 1.82) is 0 Å². The Balaban J connectivity index is 1.41. The SMILES string of the molecule is O=C(CC(=O)NC1CCCCCC1)Nc1ccc(OCc2ccccc2)cc1. The van der Waals surface area contributed by atoms with Crippen molar-refractivity contribution < 1.29 is 14.3 Å². The van der Waals surface area contributed by atoms with Gasteiger partial charge in [-0.2, -0.15) is 0 Å². The summed E-state index contributed by atoms with van der Waals surface area (Å²) in [5.41, 5.74) is 1.75. The van der Waals surface area contributed by atoms with E-state index in [0.717, 1.165) is 37.0 Å². The molecule has 2 amide bonds. The second-order valence-corrected chi connectivity index (χ2v) is 7.28. The van der Waals surface area contributed by atoms with Gasteiger partial charge in [-0.1, -0.05) is 56.0 Å². The maximum atomic E-state index is 12.1. The van der Waals surface area contributed by atoms with Crippen molar-refractivity contribution in [3.8, 4) is 5.75 Å². The summed E-state index contributed by atoms with van der Waals surface area (Å²) in [5, 5.41) is 5.77. The van der Waals surface area contributed by atoms with Crippen LogP contribution in [0.1, 0.15) is 50.5 Å². The average Bonchev–Trinajstić information content (AvgIpc) is 2.96. The molecule has 1 aliphatic carbocycles. The number of anilines is 1. The number of ether oxygens (including phenoxy) is 1. The van der Waals surface area contributed by atoms with Crippen LogP contribution in [0.2, 0.25) is 0 Å². The largest absolute Gasteiger partial charge is 0.489 e. The predicted octanol–water partition coefficient (Wildman–Crippen LogP) is 4.43. The van der Waals surface area contributed by atoms with Crippen LogP contribution in [0.5, 0.6) is 5.75 Å². The molecule has 2 aromatic rings. The number of hydrogen-bond acceptors (Lipinski definition) is 3. The molecule has 0 aliphatic heterocycles. The molecule has 1 aliphatic rings. The van der Waals surface area contributed by atoms with Crippen LogP contribution in [0.25, 0.3) is 0 Å². The molecule has 0 heterocycles. The van der Waals surface area contributed by atoms with E-state index in [1.807, 2.05) is 42.5 Å². The third-order valence-corrected chi connectivity index (χ3v) is 4.93. The second kappa shape index (κ2) is 10.5. The number of hydrogen-bond donors (Lipinski definition) is 2. The first kappa shape index (κ1) is 19.9. The quantitative estimate of drug-likeness (QED) is 0.551. The molecule has 0 atom stereocenters. The van der Waals surface area contributed by atoms with E-state index in [0.29, 0.717) is 12.3 Å². The monoisotopic (exact) mass is 380 g/mol. The lowest BCUT2D eigenvalue weighted by Crippen LogP contribution is -2.36. The summed E-state index contributed by atoms with van der Waals surface area (Å²) in [6.07, 6.45) is 6.64. The van der Waals surface area contributed by atoms with Crippen LogP contribution in [0.15, 0.2) is 54.6 Å². The third-order valence-electron chi connectivity index (χ3n) is 4.93. The van der Waals surface area contributed by atoms with Crippen LogP contribution in [-0.2, 0) is 16.2 Å². The van der Waals surface area contributed by atoms with Crippen molar-refractivity contribution in [2.75, 3.05) is 5.32 Å². The fourth-order valence-corrected chi connectivity index (χ4v) is 3.43. The van der Waals surface area contributed by atoms with E-state index in [-0.39, 0.29) is 24.3 Å². The van der Waals surface area contributed by atoms with Gasteiger partial charge in [0.25, 0.3) is 0 Å². The zero-order valence-electron chi connectivity index (χ0n) is 16.2. The van der Waals surface area contributed by atoms with Crippen molar-refractivity contribution in [3.63, 3.8) is 0 Å². The molecular weight excluding hydrogens is 352 g/mol. The van der Waals surface area contributed by atoms with Gasteiger partial charge in [0.05, 0.1) is 0 Å². The van der Waals surface area contributed by atoms with E-state index in [2.05, 4.69) is 10.6 Å². The van der Waals surface area contributed by atoms with Gasteiger partial charge >= 0.3 is 0 Å². The smallest absolute Gasteiger partial charge is 0.233 e. The zero-order valence-corrected chi connectivity index (χ0v) is 16.2. The number of carbonyl (C=O) groups is 2. The Bertz CT molecular complexity index is 751. The summed E-state index contributed by atoms with van der Waals surface area (Å²) in [4.78, 5) is 24.2. The maximum Gasteiger partial charge on any atom is 0.233 e. The van der Waals surface area contributed by atoms with Gasteiger partial charge in [0.1, 0.15) is 18.8 Å². The van der Waals surface area contributed by atoms with E-state index in [1.54, 1.807) is 12.1 Å². The van der Waals surface area contributed by atoms with Crippen LogP contribution in [0, 0.1) is 0 Å². The van der Waals surface area contributed by atoms with E-state index in [4.69, 9.17) is 4.74 Å². The normalized spacial score (nSPS) is 14.7. The minimum atomic E-state index is -0.302. The van der Waals surface area contributed by atoms with Crippen LogP contribution >= 0.6 is 0 Å². The Morgan fingerprint density at radius 3 is 2.21 bits per heavy atom. The number of nitrogens with one attached hydrogen (secondary N) is 2. The fraction of sp³-hybridized carbons (Fsp3) is 0.391. The van der Waals surface area contributed by atoms with Crippen LogP contribution < -0.4 is 15.4 Å². The number of carbonyl (C=O) groups excluding carboxylic acids is 2. The first-order chi connectivity index (χ1) is 13.7. The molecule has 0 spiro atoms. The Morgan fingerprint density at radius 1 is 0.857 bits per heavy atom. The molecule has 0 unspecified atom stereocenters. The average molecular weight is 380 g/mol. The molecular formula is C23H28N2O3. The molecule has 1 fully saturated rings. The van der Waals surface area contributed by atoms with E-state index in [9.17, 15) is 9.59 Å². The molecule has 5 nitrogen and oxygen atoms in total. The molecule has 0 saturated heterocycles. The first-order valence-electron chi connectivity index (χ1n) is 10.0. The van der Waals surface area contributed by atoms with Crippen molar-refractivity contribution in [1.82, 2.24) is 5.32 Å². The molecule has 5 heteroatoms. The summed E-state index contributed by atoms with van der Waals surface area (Å²) < 4.78 is 5.73. The Hall–Kier alpha value is -2.82. The fourth-order valence-electron chi connectivity index (χ4n) is 3.43. The predicted molar refractivity (Wildman–Crippen MR) is 110 cm³/mol. The Morgan fingerprint density at radius 2 is 1.54 bits per heavy atom. The Kier molecular flexibility index (Phi) is 7.47. The third kappa shape index (κ3) is 6.72. The highest BCUT2D eigenvalue weighted by molar-refractivity contribution is 6.03. The molecule has 28 heavy (non-hydrogen) atoms. The summed E-state index contributed by atoms with van der Waals surface area (Å²) in [6, 6.07) is 17.3. The summed E-state index contributed by atoms with van der Waals surface area (Å²) in [7, 11) is 0. The lowest BCUT2D eigenvalue weighted by molar-refractivity contribution is -0.127. The van der Waals surface area contributed by atoms with Crippen molar-refractivity contribution in [2.24, 2.45) is 0 Å². The van der Waals surface area contributed by atoms with Crippen molar-refractivity contribution in [2.45, 2.75) is 57.6 Å². The summed E-state index contributed by atoms with van der Waals surface area (Å²) in [6.45, 7) is 0.494. The van der Waals surface area contributed by atoms with E-state index < -0.39 is 0 Å². The molecule has 3 rings (SSSR count). The van der Waals surface area contributed by atoms with E-state index >= 15 is 0 Å². The lowest BCUT2D eigenvalue weighted by atomic mass is 10.1. The highest BCUT2D eigenvalue weighted by Gasteiger charge is 2.16. The molecule has 0 radical (unpaired) electrons. The molecule has 0 bridgehead atoms. The highest BCUT2D eigenvalue weighted by atomic mass is 16.5. The topological polar surface area (TPSA) is 67.4 Å². The Labute approximate surface area is 166 Å². The molecule has 148 valence electrons. The van der Waals surface area contributed by atoms with Gasteiger partial charge in [0.2, 0.25) is 11.8 Å². The van der Waals surface area contributed by atoms with Crippen molar-refractivity contribution >= 4 is 17.5 Å². The zero-order chi connectivity index (χ0) is 19.6. The number of rotatable bonds is 7. The first-order valence-corrected chi connectivity index (χ1v) is 10.0. The highest BCUT2D eigenvalue weighted by Crippen LogP contribution is 2.18. The molecule has 2 N–H and O–H groups in total. The second-order valence-electron chi connectivity index (χ2n) is 7.28. The summed E-state index contributed by atoms with van der Waals surface area (Å²) >= 11 is 0. The number of amides is 2.